The molecule has 0 radical (unpaired) electrons. The fourth-order valence-electron chi connectivity index (χ4n) is 4.49. The van der Waals surface area contributed by atoms with Gasteiger partial charge < -0.3 is 25.0 Å². The molecule has 36 heavy (non-hydrogen) atoms. The lowest BCUT2D eigenvalue weighted by molar-refractivity contribution is 0.271. The number of rotatable bonds is 5. The molecule has 0 unspecified atom stereocenters. The van der Waals surface area contributed by atoms with E-state index >= 15 is 0 Å². The van der Waals surface area contributed by atoms with Crippen LogP contribution < -0.4 is 25.0 Å². The van der Waals surface area contributed by atoms with Gasteiger partial charge in [-0.25, -0.2) is 15.0 Å². The van der Waals surface area contributed by atoms with Gasteiger partial charge in [0.1, 0.15) is 29.9 Å². The lowest BCUT2D eigenvalue weighted by atomic mass is 10.2. The first-order valence-electron chi connectivity index (χ1n) is 11.9. The summed E-state index contributed by atoms with van der Waals surface area (Å²) in [5.74, 6) is 3.77. The molecule has 4 aromatic rings. The number of hydrogen-bond acceptors (Lipinski definition) is 9. The van der Waals surface area contributed by atoms with E-state index < -0.39 is 0 Å². The summed E-state index contributed by atoms with van der Waals surface area (Å²) in [6.07, 6.45) is 4.21. The number of benzene rings is 1. The predicted molar refractivity (Wildman–Crippen MR) is 142 cm³/mol. The summed E-state index contributed by atoms with van der Waals surface area (Å²) in [7, 11) is 0. The number of aryl methyl sites for hydroxylation is 2. The first-order valence-corrected chi connectivity index (χ1v) is 11.9. The van der Waals surface area contributed by atoms with Crippen molar-refractivity contribution in [3.05, 3.63) is 60.2 Å². The van der Waals surface area contributed by atoms with Gasteiger partial charge in [-0.05, 0) is 49.2 Å². The van der Waals surface area contributed by atoms with Crippen molar-refractivity contribution in [1.29, 1.82) is 0 Å². The zero-order valence-corrected chi connectivity index (χ0v) is 21.0. The molecule has 2 aliphatic rings. The van der Waals surface area contributed by atoms with E-state index in [4.69, 9.17) is 14.5 Å². The summed E-state index contributed by atoms with van der Waals surface area (Å²) in [6.45, 7) is 7.40. The molecule has 10 heteroatoms. The van der Waals surface area contributed by atoms with Crippen molar-refractivity contribution in [2.75, 3.05) is 36.5 Å². The highest BCUT2D eigenvalue weighted by Gasteiger charge is 2.28. The van der Waals surface area contributed by atoms with Crippen molar-refractivity contribution < 1.29 is 9.47 Å². The Morgan fingerprint density at radius 2 is 2.08 bits per heavy atom. The summed E-state index contributed by atoms with van der Waals surface area (Å²) in [6, 6.07) is 12.1. The van der Waals surface area contributed by atoms with Gasteiger partial charge in [0.15, 0.2) is 17.4 Å². The van der Waals surface area contributed by atoms with Crippen molar-refractivity contribution in [2.24, 2.45) is 0 Å². The third-order valence-electron chi connectivity index (χ3n) is 6.38. The fraction of sp³-hybridized carbons (Fsp3) is 0.308. The number of aromatic nitrogens is 4. The van der Waals surface area contributed by atoms with Gasteiger partial charge in [0.05, 0.1) is 17.8 Å². The molecule has 2 bridgehead atoms. The maximum absolute atomic E-state index is 6.05. The zero-order chi connectivity index (χ0) is 23.8. The number of anilines is 3. The lowest BCUT2D eigenvalue weighted by Crippen LogP contribution is -2.51. The Morgan fingerprint density at radius 1 is 1.17 bits per heavy atom. The molecule has 9 nitrogen and oxygen atoms in total. The first kappa shape index (κ1) is 24.0. The van der Waals surface area contributed by atoms with Crippen molar-refractivity contribution in [3.8, 4) is 17.2 Å². The van der Waals surface area contributed by atoms with Crippen LogP contribution in [-0.4, -0.2) is 52.2 Å². The molecular formula is C26H28ClN7O2. The molecule has 0 saturated carbocycles. The van der Waals surface area contributed by atoms with Crippen LogP contribution in [0.15, 0.2) is 48.9 Å². The Hall–Kier alpha value is -3.69. The van der Waals surface area contributed by atoms with Crippen LogP contribution in [0.4, 0.5) is 17.3 Å². The number of ether oxygens (including phenoxy) is 2. The monoisotopic (exact) mass is 505 g/mol. The van der Waals surface area contributed by atoms with Crippen LogP contribution in [0, 0.1) is 6.92 Å². The number of pyridine rings is 2. The van der Waals surface area contributed by atoms with Gasteiger partial charge in [-0.3, -0.25) is 4.98 Å². The minimum atomic E-state index is 0. The van der Waals surface area contributed by atoms with Gasteiger partial charge in [0.25, 0.3) is 0 Å². The number of nitrogens with one attached hydrogen (secondary N) is 2. The third kappa shape index (κ3) is 4.72. The van der Waals surface area contributed by atoms with Crippen LogP contribution in [0.2, 0.25) is 0 Å². The third-order valence-corrected chi connectivity index (χ3v) is 6.38. The van der Waals surface area contributed by atoms with Crippen molar-refractivity contribution in [2.45, 2.75) is 26.3 Å². The molecule has 2 aliphatic heterocycles. The second-order valence-corrected chi connectivity index (χ2v) is 8.85. The Bertz CT molecular complexity index is 1380. The quantitative estimate of drug-likeness (QED) is 0.408. The largest absolute Gasteiger partial charge is 0.488 e. The Labute approximate surface area is 215 Å². The van der Waals surface area contributed by atoms with E-state index in [1.54, 1.807) is 12.5 Å². The molecule has 1 aromatic carbocycles. The average Bonchev–Trinajstić information content (AvgIpc) is 3.00. The Balaban J connectivity index is 0.00000267. The van der Waals surface area contributed by atoms with Gasteiger partial charge in [-0.1, -0.05) is 6.92 Å². The normalized spacial score (nSPS) is 16.4. The van der Waals surface area contributed by atoms with E-state index in [1.165, 1.54) is 0 Å². The van der Waals surface area contributed by atoms with Gasteiger partial charge in [-0.15, -0.1) is 12.4 Å². The van der Waals surface area contributed by atoms with Crippen LogP contribution in [0.1, 0.15) is 18.2 Å². The van der Waals surface area contributed by atoms with E-state index in [2.05, 4.69) is 37.4 Å². The lowest BCUT2D eigenvalue weighted by Gasteiger charge is -2.31. The second kappa shape index (κ2) is 10.1. The van der Waals surface area contributed by atoms with Crippen LogP contribution in [0.3, 0.4) is 0 Å². The topological polar surface area (TPSA) is 97.3 Å². The maximum Gasteiger partial charge on any atom is 0.172 e. The number of halogens is 1. The van der Waals surface area contributed by atoms with E-state index in [0.717, 1.165) is 71.6 Å². The van der Waals surface area contributed by atoms with Gasteiger partial charge in [0, 0.05) is 37.1 Å². The van der Waals surface area contributed by atoms with E-state index in [9.17, 15) is 0 Å². The average molecular weight is 506 g/mol. The molecule has 5 heterocycles. The highest BCUT2D eigenvalue weighted by molar-refractivity contribution is 5.90. The molecular weight excluding hydrogens is 478 g/mol. The van der Waals surface area contributed by atoms with Crippen molar-refractivity contribution >= 4 is 40.8 Å². The zero-order valence-electron chi connectivity index (χ0n) is 20.2. The molecule has 2 N–H and O–H groups in total. The SMILES string of the molecule is CCc1ccc(Oc2ccc(Nc3ncnc4cc5c(nc34)N3CCN[C@H](CO5)C3)cc2C)cn1.Cl. The summed E-state index contributed by atoms with van der Waals surface area (Å²) in [4.78, 5) is 20.6. The number of piperazine rings is 1. The molecule has 186 valence electrons. The smallest absolute Gasteiger partial charge is 0.172 e. The second-order valence-electron chi connectivity index (χ2n) is 8.85. The summed E-state index contributed by atoms with van der Waals surface area (Å²) in [5, 5.41) is 6.91. The molecule has 0 amide bonds. The predicted octanol–water partition coefficient (Wildman–Crippen LogP) is 4.42. The number of fused-ring (bicyclic) bond motifs is 5. The van der Waals surface area contributed by atoms with Gasteiger partial charge in [0.2, 0.25) is 0 Å². The highest BCUT2D eigenvalue weighted by Crippen LogP contribution is 2.35. The number of nitrogens with zero attached hydrogens (tertiary/aromatic N) is 5. The molecule has 1 atom stereocenters. The first-order chi connectivity index (χ1) is 17.2. The van der Waals surface area contributed by atoms with Crippen LogP contribution in [0.5, 0.6) is 17.2 Å². The standard InChI is InChI=1S/C26H27N7O2.ClH/c1-3-17-4-6-20(12-28-17)35-22-7-5-18(10-16(22)2)31-25-24-21(29-15-30-25)11-23-26(32-24)33-9-8-27-19(13-33)14-34-23;/h4-7,10-12,15,19,27H,3,8-9,13-14H2,1-2H3,(H,29,30,31);1H/t19-;/m0./s1. The minimum Gasteiger partial charge on any atom is -0.488 e. The Morgan fingerprint density at radius 3 is 2.89 bits per heavy atom. The molecule has 0 aliphatic carbocycles. The summed E-state index contributed by atoms with van der Waals surface area (Å²) < 4.78 is 12.1. The molecule has 1 fully saturated rings. The van der Waals surface area contributed by atoms with Crippen LogP contribution in [-0.2, 0) is 6.42 Å². The van der Waals surface area contributed by atoms with E-state index in [0.29, 0.717) is 24.0 Å². The summed E-state index contributed by atoms with van der Waals surface area (Å²) in [5.41, 5.74) is 4.39. The molecule has 0 spiro atoms. The summed E-state index contributed by atoms with van der Waals surface area (Å²) >= 11 is 0. The van der Waals surface area contributed by atoms with Crippen LogP contribution in [0.25, 0.3) is 11.0 Å². The number of hydrogen-bond donors (Lipinski definition) is 2. The van der Waals surface area contributed by atoms with Gasteiger partial charge in [-0.2, -0.15) is 0 Å². The van der Waals surface area contributed by atoms with Crippen LogP contribution >= 0.6 is 12.4 Å². The van der Waals surface area contributed by atoms with E-state index in [-0.39, 0.29) is 12.4 Å². The molecule has 1 saturated heterocycles. The molecule has 3 aromatic heterocycles. The highest BCUT2D eigenvalue weighted by atomic mass is 35.5. The van der Waals surface area contributed by atoms with Gasteiger partial charge >= 0.3 is 0 Å². The maximum atomic E-state index is 6.05. The minimum absolute atomic E-state index is 0. The molecule has 6 rings (SSSR count). The van der Waals surface area contributed by atoms with Crippen molar-refractivity contribution in [3.63, 3.8) is 0 Å². The Kier molecular flexibility index (Phi) is 6.75. The van der Waals surface area contributed by atoms with Crippen molar-refractivity contribution in [1.82, 2.24) is 25.3 Å². The van der Waals surface area contributed by atoms with E-state index in [1.807, 2.05) is 43.3 Å². The fourth-order valence-corrected chi connectivity index (χ4v) is 4.49.